The van der Waals surface area contributed by atoms with Gasteiger partial charge < -0.3 is 10.4 Å². The SMILES string of the molecule is CC(O)Nc1ncc(S)s1. The normalized spacial score (nSPS) is 13.1. The number of aliphatic hydroxyl groups excluding tert-OH is 1. The monoisotopic (exact) mass is 176 g/mol. The molecular weight excluding hydrogens is 168 g/mol. The molecule has 0 bridgehead atoms. The van der Waals surface area contributed by atoms with Gasteiger partial charge in [0, 0.05) is 0 Å². The highest BCUT2D eigenvalue weighted by atomic mass is 32.2. The summed E-state index contributed by atoms with van der Waals surface area (Å²) in [6, 6.07) is 0. The number of anilines is 1. The van der Waals surface area contributed by atoms with E-state index in [4.69, 9.17) is 5.11 Å². The van der Waals surface area contributed by atoms with Crippen molar-refractivity contribution in [1.29, 1.82) is 0 Å². The highest BCUT2D eigenvalue weighted by Gasteiger charge is 1.99. The van der Waals surface area contributed by atoms with Gasteiger partial charge in [-0.15, -0.1) is 12.6 Å². The number of thiazole rings is 1. The van der Waals surface area contributed by atoms with Gasteiger partial charge in [-0.3, -0.25) is 0 Å². The van der Waals surface area contributed by atoms with Crippen molar-refractivity contribution in [1.82, 2.24) is 4.98 Å². The van der Waals surface area contributed by atoms with E-state index in [2.05, 4.69) is 22.9 Å². The molecule has 0 aliphatic carbocycles. The van der Waals surface area contributed by atoms with Crippen LogP contribution in [0.5, 0.6) is 0 Å². The van der Waals surface area contributed by atoms with Gasteiger partial charge in [-0.25, -0.2) is 4.98 Å². The number of hydrogen-bond acceptors (Lipinski definition) is 5. The van der Waals surface area contributed by atoms with Gasteiger partial charge in [0.1, 0.15) is 6.23 Å². The van der Waals surface area contributed by atoms with Crippen LogP contribution in [0.1, 0.15) is 6.92 Å². The largest absolute Gasteiger partial charge is 0.374 e. The summed E-state index contributed by atoms with van der Waals surface area (Å²) in [5.41, 5.74) is 0. The molecule has 56 valence electrons. The molecule has 0 aliphatic rings. The molecule has 1 rings (SSSR count). The maximum Gasteiger partial charge on any atom is 0.185 e. The van der Waals surface area contributed by atoms with Crippen molar-refractivity contribution in [2.45, 2.75) is 17.4 Å². The predicted octanol–water partition coefficient (Wildman–Crippen LogP) is 1.18. The maximum atomic E-state index is 8.85. The van der Waals surface area contributed by atoms with Gasteiger partial charge in [-0.05, 0) is 6.92 Å². The molecule has 1 aromatic rings. The van der Waals surface area contributed by atoms with E-state index in [-0.39, 0.29) is 0 Å². The first kappa shape index (κ1) is 7.84. The van der Waals surface area contributed by atoms with Crippen LogP contribution in [0.3, 0.4) is 0 Å². The molecule has 1 heterocycles. The van der Waals surface area contributed by atoms with E-state index < -0.39 is 6.23 Å². The lowest BCUT2D eigenvalue weighted by Gasteiger charge is -2.02. The summed E-state index contributed by atoms with van der Waals surface area (Å²) in [5, 5.41) is 12.3. The molecule has 5 heteroatoms. The lowest BCUT2D eigenvalue weighted by molar-refractivity contribution is 0.224. The quantitative estimate of drug-likeness (QED) is 0.468. The zero-order chi connectivity index (χ0) is 7.56. The Morgan fingerprint density at radius 2 is 2.60 bits per heavy atom. The van der Waals surface area contributed by atoms with E-state index in [0.29, 0.717) is 5.13 Å². The number of aliphatic hydroxyl groups is 1. The first-order chi connectivity index (χ1) is 4.68. The summed E-state index contributed by atoms with van der Waals surface area (Å²) in [6.07, 6.45) is 1.08. The number of nitrogens with zero attached hydrogens (tertiary/aromatic N) is 1. The van der Waals surface area contributed by atoms with Gasteiger partial charge in [-0.1, -0.05) is 11.3 Å². The van der Waals surface area contributed by atoms with Gasteiger partial charge in [0.25, 0.3) is 0 Å². The number of thiol groups is 1. The van der Waals surface area contributed by atoms with Crippen molar-refractivity contribution in [2.75, 3.05) is 5.32 Å². The lowest BCUT2D eigenvalue weighted by Crippen LogP contribution is -2.12. The average molecular weight is 176 g/mol. The number of rotatable bonds is 2. The second-order valence-electron chi connectivity index (χ2n) is 1.82. The molecule has 0 saturated carbocycles. The van der Waals surface area contributed by atoms with Crippen LogP contribution in [0.15, 0.2) is 10.4 Å². The van der Waals surface area contributed by atoms with Crippen molar-refractivity contribution in [3.05, 3.63) is 6.20 Å². The molecule has 10 heavy (non-hydrogen) atoms. The van der Waals surface area contributed by atoms with Crippen LogP contribution in [0.25, 0.3) is 0 Å². The molecule has 2 N–H and O–H groups in total. The number of aromatic nitrogens is 1. The summed E-state index contributed by atoms with van der Waals surface area (Å²) in [7, 11) is 0. The fraction of sp³-hybridized carbons (Fsp3) is 0.400. The van der Waals surface area contributed by atoms with Crippen LogP contribution < -0.4 is 5.32 Å². The third-order valence-corrected chi connectivity index (χ3v) is 1.95. The summed E-state index contributed by atoms with van der Waals surface area (Å²) in [5.74, 6) is 0. The molecule has 0 fully saturated rings. The van der Waals surface area contributed by atoms with Crippen LogP contribution >= 0.6 is 24.0 Å². The minimum Gasteiger partial charge on any atom is -0.374 e. The Morgan fingerprint density at radius 3 is 3.00 bits per heavy atom. The second-order valence-corrected chi connectivity index (χ2v) is 3.64. The van der Waals surface area contributed by atoms with Gasteiger partial charge in [0.15, 0.2) is 5.13 Å². The van der Waals surface area contributed by atoms with E-state index in [1.165, 1.54) is 11.3 Å². The molecule has 0 radical (unpaired) electrons. The van der Waals surface area contributed by atoms with E-state index in [1.54, 1.807) is 13.1 Å². The first-order valence-electron chi connectivity index (χ1n) is 2.78. The van der Waals surface area contributed by atoms with Crippen LogP contribution in [0, 0.1) is 0 Å². The number of hydrogen-bond donors (Lipinski definition) is 3. The van der Waals surface area contributed by atoms with Crippen LogP contribution in [0.4, 0.5) is 5.13 Å². The third kappa shape index (κ3) is 2.17. The fourth-order valence-electron chi connectivity index (χ4n) is 0.511. The molecule has 0 aromatic carbocycles. The minimum atomic E-state index is -0.557. The van der Waals surface area contributed by atoms with Crippen LogP contribution in [0.2, 0.25) is 0 Å². The van der Waals surface area contributed by atoms with Crippen molar-refractivity contribution >= 4 is 29.1 Å². The molecule has 0 spiro atoms. The Hall–Kier alpha value is -0.260. The molecule has 0 amide bonds. The van der Waals surface area contributed by atoms with Crippen molar-refractivity contribution in [3.8, 4) is 0 Å². The van der Waals surface area contributed by atoms with E-state index >= 15 is 0 Å². The van der Waals surface area contributed by atoms with Gasteiger partial charge in [0.2, 0.25) is 0 Å². The van der Waals surface area contributed by atoms with Crippen LogP contribution in [-0.2, 0) is 0 Å². The van der Waals surface area contributed by atoms with Gasteiger partial charge in [0.05, 0.1) is 10.4 Å². The molecule has 1 aromatic heterocycles. The summed E-state index contributed by atoms with van der Waals surface area (Å²) in [4.78, 5) is 3.93. The average Bonchev–Trinajstić information content (AvgIpc) is 2.13. The Bertz CT molecular complexity index is 211. The third-order valence-electron chi connectivity index (χ3n) is 0.826. The zero-order valence-electron chi connectivity index (χ0n) is 5.40. The Labute approximate surface area is 68.5 Å². The van der Waals surface area contributed by atoms with E-state index in [9.17, 15) is 0 Å². The summed E-state index contributed by atoms with van der Waals surface area (Å²) in [6.45, 7) is 1.64. The highest BCUT2D eigenvalue weighted by Crippen LogP contribution is 2.20. The minimum absolute atomic E-state index is 0.557. The van der Waals surface area contributed by atoms with E-state index in [0.717, 1.165) is 4.21 Å². The van der Waals surface area contributed by atoms with Gasteiger partial charge >= 0.3 is 0 Å². The standard InChI is InChI=1S/C5H8N2OS2/c1-3(8)7-5-6-2-4(9)10-5/h2-3,8-9H,1H3,(H,6,7). The van der Waals surface area contributed by atoms with Crippen LogP contribution in [-0.4, -0.2) is 16.3 Å². The maximum absolute atomic E-state index is 8.85. The van der Waals surface area contributed by atoms with Gasteiger partial charge in [-0.2, -0.15) is 0 Å². The molecular formula is C5H8N2OS2. The Balaban J connectivity index is 2.58. The fourth-order valence-corrected chi connectivity index (χ4v) is 1.47. The summed E-state index contributed by atoms with van der Waals surface area (Å²) < 4.78 is 0.836. The van der Waals surface area contributed by atoms with Crippen molar-refractivity contribution in [2.24, 2.45) is 0 Å². The smallest absolute Gasteiger partial charge is 0.185 e. The first-order valence-corrected chi connectivity index (χ1v) is 4.04. The van der Waals surface area contributed by atoms with E-state index in [1.807, 2.05) is 0 Å². The Morgan fingerprint density at radius 1 is 1.90 bits per heavy atom. The Kier molecular flexibility index (Phi) is 2.53. The molecule has 0 saturated heterocycles. The zero-order valence-corrected chi connectivity index (χ0v) is 7.12. The van der Waals surface area contributed by atoms with Crippen molar-refractivity contribution < 1.29 is 5.11 Å². The highest BCUT2D eigenvalue weighted by molar-refractivity contribution is 7.83. The van der Waals surface area contributed by atoms with Crippen molar-refractivity contribution in [3.63, 3.8) is 0 Å². The molecule has 1 atom stereocenters. The predicted molar refractivity (Wildman–Crippen MR) is 44.7 cm³/mol. The molecule has 1 unspecified atom stereocenters. The molecule has 3 nitrogen and oxygen atoms in total. The lowest BCUT2D eigenvalue weighted by atomic mass is 10.7. The molecule has 0 aliphatic heterocycles. The second kappa shape index (κ2) is 3.23. The topological polar surface area (TPSA) is 45.1 Å². The summed E-state index contributed by atoms with van der Waals surface area (Å²) >= 11 is 5.46. The number of nitrogens with one attached hydrogen (secondary N) is 1.